The molecule has 1 aliphatic rings. The van der Waals surface area contributed by atoms with E-state index < -0.39 is 0 Å². The highest BCUT2D eigenvalue weighted by Gasteiger charge is 2.27. The number of carbonyl (C=O) groups excluding carboxylic acids is 1. The first-order valence-electron chi connectivity index (χ1n) is 5.96. The maximum Gasteiger partial charge on any atom is 0.222 e. The van der Waals surface area contributed by atoms with Crippen molar-refractivity contribution in [2.24, 2.45) is 11.8 Å². The smallest absolute Gasteiger partial charge is 0.222 e. The van der Waals surface area contributed by atoms with E-state index >= 15 is 0 Å². The number of amides is 1. The van der Waals surface area contributed by atoms with Crippen LogP contribution in [-0.4, -0.2) is 35.1 Å². The van der Waals surface area contributed by atoms with E-state index in [9.17, 15) is 4.79 Å². The Balaban J connectivity index is 2.30. The zero-order chi connectivity index (χ0) is 11.4. The molecule has 15 heavy (non-hydrogen) atoms. The molecular formula is C12H23NO2. The lowest BCUT2D eigenvalue weighted by Gasteiger charge is -2.18. The lowest BCUT2D eigenvalue weighted by molar-refractivity contribution is -0.130. The van der Waals surface area contributed by atoms with Crippen LogP contribution in [0.2, 0.25) is 0 Å². The van der Waals surface area contributed by atoms with E-state index in [1.807, 2.05) is 4.90 Å². The minimum absolute atomic E-state index is 0.207. The van der Waals surface area contributed by atoms with Crippen LogP contribution < -0.4 is 0 Å². The molecule has 0 aromatic rings. The monoisotopic (exact) mass is 213 g/mol. The van der Waals surface area contributed by atoms with E-state index in [-0.39, 0.29) is 12.0 Å². The minimum atomic E-state index is -0.363. The van der Waals surface area contributed by atoms with Crippen LogP contribution in [0.5, 0.6) is 0 Å². The van der Waals surface area contributed by atoms with Crippen LogP contribution in [0.3, 0.4) is 0 Å². The van der Waals surface area contributed by atoms with Gasteiger partial charge in [0.25, 0.3) is 0 Å². The van der Waals surface area contributed by atoms with Gasteiger partial charge < -0.3 is 10.0 Å². The van der Waals surface area contributed by atoms with Crippen LogP contribution in [-0.2, 0) is 4.79 Å². The summed E-state index contributed by atoms with van der Waals surface area (Å²) >= 11 is 0. The lowest BCUT2D eigenvalue weighted by atomic mass is 9.95. The number of aliphatic hydroxyl groups excluding tert-OH is 1. The van der Waals surface area contributed by atoms with Crippen LogP contribution in [0.1, 0.15) is 40.0 Å². The first-order chi connectivity index (χ1) is 7.00. The van der Waals surface area contributed by atoms with Gasteiger partial charge in [0.05, 0.1) is 6.10 Å². The van der Waals surface area contributed by atoms with E-state index in [1.165, 1.54) is 0 Å². The van der Waals surface area contributed by atoms with Crippen LogP contribution in [0, 0.1) is 11.8 Å². The zero-order valence-corrected chi connectivity index (χ0v) is 10.1. The number of carbonyl (C=O) groups is 1. The number of likely N-dealkylation sites (tertiary alicyclic amines) is 1. The second kappa shape index (κ2) is 5.50. The molecule has 0 radical (unpaired) electrons. The second-order valence-electron chi connectivity index (χ2n) is 5.02. The van der Waals surface area contributed by atoms with E-state index in [0.29, 0.717) is 24.7 Å². The molecule has 2 atom stereocenters. The van der Waals surface area contributed by atoms with Gasteiger partial charge in [0.15, 0.2) is 0 Å². The Morgan fingerprint density at radius 3 is 2.60 bits per heavy atom. The third-order valence-corrected chi connectivity index (χ3v) is 3.30. The number of hydrogen-bond acceptors (Lipinski definition) is 2. The van der Waals surface area contributed by atoms with Gasteiger partial charge in [0.2, 0.25) is 5.91 Å². The Labute approximate surface area is 92.5 Å². The third kappa shape index (κ3) is 3.82. The summed E-state index contributed by atoms with van der Waals surface area (Å²) in [6, 6.07) is 0. The van der Waals surface area contributed by atoms with Gasteiger partial charge in [-0.25, -0.2) is 0 Å². The van der Waals surface area contributed by atoms with Gasteiger partial charge in [-0.05, 0) is 31.6 Å². The molecule has 0 aromatic heterocycles. The Kier molecular flexibility index (Phi) is 4.58. The Bertz CT molecular complexity index is 214. The standard InChI is InChI=1S/C12H23NO2/c1-9(2)11-6-7-13(8-11)12(15)5-4-10(3)14/h9-11,14H,4-8H2,1-3H3. The van der Waals surface area contributed by atoms with Crippen molar-refractivity contribution in [3.05, 3.63) is 0 Å². The fraction of sp³-hybridized carbons (Fsp3) is 0.917. The molecule has 0 spiro atoms. The molecule has 1 saturated heterocycles. The molecule has 1 amide bonds. The number of hydrogen-bond donors (Lipinski definition) is 1. The molecule has 3 heteroatoms. The summed E-state index contributed by atoms with van der Waals surface area (Å²) in [4.78, 5) is 13.7. The molecular weight excluding hydrogens is 190 g/mol. The predicted octanol–water partition coefficient (Wildman–Crippen LogP) is 1.65. The fourth-order valence-electron chi connectivity index (χ4n) is 2.05. The van der Waals surface area contributed by atoms with E-state index in [4.69, 9.17) is 5.11 Å². The summed E-state index contributed by atoms with van der Waals surface area (Å²) < 4.78 is 0. The summed E-state index contributed by atoms with van der Waals surface area (Å²) in [6.07, 6.45) is 1.85. The molecule has 0 saturated carbocycles. The summed E-state index contributed by atoms with van der Waals surface area (Å²) in [5.41, 5.74) is 0. The largest absolute Gasteiger partial charge is 0.393 e. The normalized spacial score (nSPS) is 23.5. The average Bonchev–Trinajstić information content (AvgIpc) is 2.62. The molecule has 2 unspecified atom stereocenters. The Hall–Kier alpha value is -0.570. The van der Waals surface area contributed by atoms with E-state index in [0.717, 1.165) is 19.5 Å². The number of aliphatic hydroxyl groups is 1. The van der Waals surface area contributed by atoms with Gasteiger partial charge in [-0.3, -0.25) is 4.79 Å². The molecule has 1 N–H and O–H groups in total. The van der Waals surface area contributed by atoms with Crippen LogP contribution >= 0.6 is 0 Å². The van der Waals surface area contributed by atoms with Gasteiger partial charge >= 0.3 is 0 Å². The third-order valence-electron chi connectivity index (χ3n) is 3.30. The molecule has 1 rings (SSSR count). The lowest BCUT2D eigenvalue weighted by Crippen LogP contribution is -2.29. The van der Waals surface area contributed by atoms with Gasteiger partial charge in [0, 0.05) is 19.5 Å². The van der Waals surface area contributed by atoms with Crippen LogP contribution in [0.4, 0.5) is 0 Å². The number of nitrogens with zero attached hydrogens (tertiary/aromatic N) is 1. The topological polar surface area (TPSA) is 40.5 Å². The SMILES string of the molecule is CC(O)CCC(=O)N1CCC(C(C)C)C1. The summed E-state index contributed by atoms with van der Waals surface area (Å²) in [6.45, 7) is 7.98. The highest BCUT2D eigenvalue weighted by Crippen LogP contribution is 2.24. The summed E-state index contributed by atoms with van der Waals surface area (Å²) in [5, 5.41) is 9.11. The maximum absolute atomic E-state index is 11.7. The quantitative estimate of drug-likeness (QED) is 0.771. The van der Waals surface area contributed by atoms with Crippen molar-refractivity contribution >= 4 is 5.91 Å². The molecule has 88 valence electrons. The van der Waals surface area contributed by atoms with Crippen LogP contribution in [0.25, 0.3) is 0 Å². The molecule has 1 heterocycles. The first kappa shape index (κ1) is 12.5. The Morgan fingerprint density at radius 2 is 2.13 bits per heavy atom. The first-order valence-corrected chi connectivity index (χ1v) is 5.96. The fourth-order valence-corrected chi connectivity index (χ4v) is 2.05. The molecule has 1 aliphatic heterocycles. The molecule has 1 fully saturated rings. The molecule has 3 nitrogen and oxygen atoms in total. The van der Waals surface area contributed by atoms with E-state index in [2.05, 4.69) is 13.8 Å². The van der Waals surface area contributed by atoms with Gasteiger partial charge in [-0.2, -0.15) is 0 Å². The summed E-state index contributed by atoms with van der Waals surface area (Å²) in [7, 11) is 0. The van der Waals surface area contributed by atoms with Crippen molar-refractivity contribution in [1.82, 2.24) is 4.90 Å². The second-order valence-corrected chi connectivity index (χ2v) is 5.02. The van der Waals surface area contributed by atoms with Crippen molar-refractivity contribution < 1.29 is 9.90 Å². The van der Waals surface area contributed by atoms with Crippen molar-refractivity contribution in [3.63, 3.8) is 0 Å². The van der Waals surface area contributed by atoms with Crippen molar-refractivity contribution in [2.45, 2.75) is 46.1 Å². The van der Waals surface area contributed by atoms with Crippen molar-refractivity contribution in [3.8, 4) is 0 Å². The predicted molar refractivity (Wildman–Crippen MR) is 60.4 cm³/mol. The number of rotatable bonds is 4. The summed E-state index contributed by atoms with van der Waals surface area (Å²) in [5.74, 6) is 1.54. The van der Waals surface area contributed by atoms with Gasteiger partial charge in [-0.15, -0.1) is 0 Å². The maximum atomic E-state index is 11.7. The molecule has 0 aliphatic carbocycles. The zero-order valence-electron chi connectivity index (χ0n) is 10.1. The van der Waals surface area contributed by atoms with Crippen LogP contribution in [0.15, 0.2) is 0 Å². The van der Waals surface area contributed by atoms with Gasteiger partial charge in [0.1, 0.15) is 0 Å². The highest BCUT2D eigenvalue weighted by atomic mass is 16.3. The minimum Gasteiger partial charge on any atom is -0.393 e. The van der Waals surface area contributed by atoms with Gasteiger partial charge in [-0.1, -0.05) is 13.8 Å². The van der Waals surface area contributed by atoms with Crippen molar-refractivity contribution in [1.29, 1.82) is 0 Å². The Morgan fingerprint density at radius 1 is 1.47 bits per heavy atom. The molecule has 0 bridgehead atoms. The highest BCUT2D eigenvalue weighted by molar-refractivity contribution is 5.76. The van der Waals surface area contributed by atoms with Crippen molar-refractivity contribution in [2.75, 3.05) is 13.1 Å². The van der Waals surface area contributed by atoms with E-state index in [1.54, 1.807) is 6.92 Å². The average molecular weight is 213 g/mol. The molecule has 0 aromatic carbocycles.